The molecule has 1 aliphatic carbocycles. The second-order valence-corrected chi connectivity index (χ2v) is 6.91. The maximum absolute atomic E-state index is 12.7. The van der Waals surface area contributed by atoms with E-state index in [1.54, 1.807) is 18.0 Å². The number of amides is 2. The molecule has 1 aliphatic heterocycles. The average Bonchev–Trinajstić information content (AvgIpc) is 2.58. The first-order valence-corrected chi connectivity index (χ1v) is 8.69. The molecule has 6 nitrogen and oxygen atoms in total. The van der Waals surface area contributed by atoms with Crippen LogP contribution in [0.2, 0.25) is 0 Å². The van der Waals surface area contributed by atoms with E-state index in [-0.39, 0.29) is 35.8 Å². The van der Waals surface area contributed by atoms with Crippen molar-refractivity contribution < 1.29 is 14.7 Å². The van der Waals surface area contributed by atoms with Crippen molar-refractivity contribution in [3.63, 3.8) is 0 Å². The summed E-state index contributed by atoms with van der Waals surface area (Å²) in [5.41, 5.74) is 0.851. The molecule has 2 fully saturated rings. The van der Waals surface area contributed by atoms with Crippen molar-refractivity contribution >= 4 is 11.8 Å². The molecule has 130 valence electrons. The lowest BCUT2D eigenvalue weighted by Crippen LogP contribution is -2.46. The van der Waals surface area contributed by atoms with Crippen molar-refractivity contribution in [2.24, 2.45) is 11.8 Å². The molecule has 0 unspecified atom stereocenters. The van der Waals surface area contributed by atoms with Crippen LogP contribution in [0.15, 0.2) is 24.4 Å². The molecular formula is C18H25N3O3. The quantitative estimate of drug-likeness (QED) is 0.870. The molecule has 1 aromatic rings. The van der Waals surface area contributed by atoms with Crippen LogP contribution in [0, 0.1) is 11.8 Å². The van der Waals surface area contributed by atoms with Gasteiger partial charge in [-0.15, -0.1) is 0 Å². The van der Waals surface area contributed by atoms with Gasteiger partial charge in [0.2, 0.25) is 11.8 Å². The van der Waals surface area contributed by atoms with E-state index >= 15 is 0 Å². The van der Waals surface area contributed by atoms with E-state index < -0.39 is 0 Å². The lowest BCUT2D eigenvalue weighted by Gasteiger charge is -2.39. The zero-order valence-corrected chi connectivity index (χ0v) is 14.0. The number of carbonyl (C=O) groups excluding carboxylic acids is 2. The predicted molar refractivity (Wildman–Crippen MR) is 88.8 cm³/mol. The number of likely N-dealkylation sites (tertiary alicyclic amines) is 1. The van der Waals surface area contributed by atoms with Crippen LogP contribution in [0.1, 0.15) is 44.3 Å². The van der Waals surface area contributed by atoms with E-state index in [0.717, 1.165) is 5.69 Å². The highest BCUT2D eigenvalue weighted by Gasteiger charge is 2.37. The van der Waals surface area contributed by atoms with Crippen LogP contribution in [0.3, 0.4) is 0 Å². The van der Waals surface area contributed by atoms with E-state index in [1.807, 2.05) is 18.2 Å². The maximum atomic E-state index is 12.7. The van der Waals surface area contributed by atoms with Gasteiger partial charge < -0.3 is 15.3 Å². The second-order valence-electron chi connectivity index (χ2n) is 6.91. The molecule has 1 aromatic heterocycles. The Morgan fingerprint density at radius 3 is 2.54 bits per heavy atom. The van der Waals surface area contributed by atoms with E-state index in [1.165, 1.54) is 0 Å². The van der Waals surface area contributed by atoms with Crippen LogP contribution in [0.5, 0.6) is 0 Å². The van der Waals surface area contributed by atoms with Gasteiger partial charge in [0.25, 0.3) is 0 Å². The number of rotatable bonds is 4. The third kappa shape index (κ3) is 3.75. The summed E-state index contributed by atoms with van der Waals surface area (Å²) in [5.74, 6) is 0.284. The first-order chi connectivity index (χ1) is 11.5. The molecule has 1 atom stereocenters. The molecule has 2 aliphatic rings. The molecule has 2 heterocycles. The molecule has 1 saturated heterocycles. The van der Waals surface area contributed by atoms with Gasteiger partial charge in [0.05, 0.1) is 17.8 Å². The third-order valence-corrected chi connectivity index (χ3v) is 5.24. The largest absolute Gasteiger partial charge is 0.393 e. The number of nitrogens with one attached hydrogen (secondary N) is 1. The van der Waals surface area contributed by atoms with Gasteiger partial charge in [0.1, 0.15) is 0 Å². The molecule has 0 aromatic carbocycles. The topological polar surface area (TPSA) is 82.5 Å². The molecule has 24 heavy (non-hydrogen) atoms. The third-order valence-electron chi connectivity index (χ3n) is 5.24. The summed E-state index contributed by atoms with van der Waals surface area (Å²) in [6.07, 6.45) is 4.27. The zero-order valence-electron chi connectivity index (χ0n) is 14.0. The van der Waals surface area contributed by atoms with Crippen LogP contribution in [0.25, 0.3) is 0 Å². The van der Waals surface area contributed by atoms with Crippen LogP contribution >= 0.6 is 0 Å². The first kappa shape index (κ1) is 16.9. The van der Waals surface area contributed by atoms with Crippen molar-refractivity contribution in [2.75, 3.05) is 13.1 Å². The molecule has 2 amide bonds. The lowest BCUT2D eigenvalue weighted by atomic mass is 9.76. The first-order valence-electron chi connectivity index (χ1n) is 8.69. The van der Waals surface area contributed by atoms with Crippen molar-refractivity contribution in [3.05, 3.63) is 30.1 Å². The summed E-state index contributed by atoms with van der Waals surface area (Å²) in [7, 11) is 0. The van der Waals surface area contributed by atoms with Gasteiger partial charge in [-0.2, -0.15) is 0 Å². The minimum Gasteiger partial charge on any atom is -0.393 e. The highest BCUT2D eigenvalue weighted by molar-refractivity contribution is 5.80. The standard InChI is InChI=1S/C18H25N3O3/c1-12(22)21-8-5-13(6-9-21)18(24)20-17(14-10-15(23)11-14)16-4-2-3-7-19-16/h2-4,7,13-15,17,23H,5-6,8-11H2,1H3,(H,20,24)/t14?,15?,17-/m0/s1. The van der Waals surface area contributed by atoms with Crippen molar-refractivity contribution in [1.29, 1.82) is 0 Å². The second kappa shape index (κ2) is 7.30. The Hall–Kier alpha value is -1.95. The number of aliphatic hydroxyl groups is 1. The van der Waals surface area contributed by atoms with E-state index in [9.17, 15) is 14.7 Å². The Bertz CT molecular complexity index is 578. The number of carbonyl (C=O) groups is 2. The Kier molecular flexibility index (Phi) is 5.14. The monoisotopic (exact) mass is 331 g/mol. The summed E-state index contributed by atoms with van der Waals surface area (Å²) >= 11 is 0. The fourth-order valence-electron chi connectivity index (χ4n) is 3.62. The van der Waals surface area contributed by atoms with Crippen LogP contribution in [0.4, 0.5) is 0 Å². The number of piperidine rings is 1. The zero-order chi connectivity index (χ0) is 17.1. The summed E-state index contributed by atoms with van der Waals surface area (Å²) < 4.78 is 0. The average molecular weight is 331 g/mol. The molecular weight excluding hydrogens is 306 g/mol. The van der Waals surface area contributed by atoms with Gasteiger partial charge in [0, 0.05) is 32.1 Å². The van der Waals surface area contributed by atoms with Gasteiger partial charge in [-0.1, -0.05) is 6.07 Å². The maximum Gasteiger partial charge on any atom is 0.223 e. The highest BCUT2D eigenvalue weighted by atomic mass is 16.3. The minimum atomic E-state index is -0.267. The number of aliphatic hydroxyl groups excluding tert-OH is 1. The number of aromatic nitrogens is 1. The van der Waals surface area contributed by atoms with Gasteiger partial charge in [-0.05, 0) is 43.7 Å². The molecule has 0 bridgehead atoms. The Morgan fingerprint density at radius 2 is 2.00 bits per heavy atom. The van der Waals surface area contributed by atoms with Crippen molar-refractivity contribution in [3.8, 4) is 0 Å². The van der Waals surface area contributed by atoms with Crippen molar-refractivity contribution in [2.45, 2.75) is 44.8 Å². The lowest BCUT2D eigenvalue weighted by molar-refractivity contribution is -0.134. The van der Waals surface area contributed by atoms with Gasteiger partial charge in [-0.3, -0.25) is 14.6 Å². The SMILES string of the molecule is CC(=O)N1CCC(C(=O)N[C@H](c2ccccn2)C2CC(O)C2)CC1. The van der Waals surface area contributed by atoms with Gasteiger partial charge >= 0.3 is 0 Å². The molecule has 2 N–H and O–H groups in total. The fourth-order valence-corrected chi connectivity index (χ4v) is 3.62. The number of pyridine rings is 1. The Morgan fingerprint density at radius 1 is 1.29 bits per heavy atom. The molecule has 3 rings (SSSR count). The Balaban J connectivity index is 1.63. The van der Waals surface area contributed by atoms with E-state index in [2.05, 4.69) is 10.3 Å². The van der Waals surface area contributed by atoms with E-state index in [0.29, 0.717) is 38.8 Å². The summed E-state index contributed by atoms with van der Waals surface area (Å²) in [6.45, 7) is 2.85. The summed E-state index contributed by atoms with van der Waals surface area (Å²) in [5, 5.41) is 12.8. The highest BCUT2D eigenvalue weighted by Crippen LogP contribution is 2.37. The normalized spacial score (nSPS) is 25.7. The van der Waals surface area contributed by atoms with Crippen LogP contribution in [-0.2, 0) is 9.59 Å². The van der Waals surface area contributed by atoms with Crippen molar-refractivity contribution in [1.82, 2.24) is 15.2 Å². The molecule has 0 radical (unpaired) electrons. The van der Waals surface area contributed by atoms with Crippen LogP contribution < -0.4 is 5.32 Å². The fraction of sp³-hybridized carbons (Fsp3) is 0.611. The molecule has 6 heteroatoms. The van der Waals surface area contributed by atoms with Gasteiger partial charge in [0.15, 0.2) is 0 Å². The summed E-state index contributed by atoms with van der Waals surface area (Å²) in [4.78, 5) is 30.3. The molecule has 0 spiro atoms. The number of hydrogen-bond donors (Lipinski definition) is 2. The number of nitrogens with zero attached hydrogens (tertiary/aromatic N) is 2. The molecule has 1 saturated carbocycles. The van der Waals surface area contributed by atoms with Gasteiger partial charge in [-0.25, -0.2) is 0 Å². The predicted octanol–water partition coefficient (Wildman–Crippen LogP) is 1.27. The van der Waals surface area contributed by atoms with Crippen LogP contribution in [-0.4, -0.2) is 46.0 Å². The number of hydrogen-bond acceptors (Lipinski definition) is 4. The summed E-state index contributed by atoms with van der Waals surface area (Å²) in [6, 6.07) is 5.55. The minimum absolute atomic E-state index is 0.0373. The van der Waals surface area contributed by atoms with E-state index in [4.69, 9.17) is 0 Å². The Labute approximate surface area is 142 Å². The smallest absolute Gasteiger partial charge is 0.223 e.